The summed E-state index contributed by atoms with van der Waals surface area (Å²) in [7, 11) is 0. The number of esters is 1. The summed E-state index contributed by atoms with van der Waals surface area (Å²) in [5, 5.41) is 1.95. The van der Waals surface area contributed by atoms with Gasteiger partial charge in [0.05, 0.1) is 23.5 Å². The van der Waals surface area contributed by atoms with Crippen LogP contribution in [0.3, 0.4) is 0 Å². The van der Waals surface area contributed by atoms with Gasteiger partial charge in [-0.1, -0.05) is 11.8 Å². The largest absolute Gasteiger partial charge is 0.462 e. The summed E-state index contributed by atoms with van der Waals surface area (Å²) in [4.78, 5) is 32.0. The Kier molecular flexibility index (Phi) is 5.42. The van der Waals surface area contributed by atoms with E-state index in [1.165, 1.54) is 23.1 Å². The van der Waals surface area contributed by atoms with Crippen molar-refractivity contribution in [1.82, 2.24) is 9.97 Å². The minimum absolute atomic E-state index is 0.0947. The molecule has 0 aliphatic heterocycles. The smallest absolute Gasteiger partial charge is 0.340 e. The van der Waals surface area contributed by atoms with Gasteiger partial charge in [0.2, 0.25) is 0 Å². The molecule has 1 N–H and O–H groups in total. The Morgan fingerprint density at radius 2 is 1.95 bits per heavy atom. The average Bonchev–Trinajstić information content (AvgIpc) is 2.99. The number of hydrogen-bond acceptors (Lipinski definition) is 6. The zero-order valence-electron chi connectivity index (χ0n) is 13.0. The lowest BCUT2D eigenvalue weighted by molar-refractivity contribution is 0.0522. The summed E-state index contributed by atoms with van der Waals surface area (Å²) in [5.41, 5.74) is 3.08. The average molecular weight is 338 g/mol. The second kappa shape index (κ2) is 7.11. The first-order valence-electron chi connectivity index (χ1n) is 6.88. The molecule has 2 aromatic heterocycles. The molecule has 0 bridgehead atoms. The number of nitrogens with zero attached hydrogens (tertiary/aromatic N) is 1. The highest BCUT2D eigenvalue weighted by Gasteiger charge is 2.25. The van der Waals surface area contributed by atoms with Gasteiger partial charge in [0, 0.05) is 22.5 Å². The number of nitrogens with one attached hydrogen (secondary N) is 1. The number of Topliss-reactive ketones (excluding diaryl/α,β-unsaturated/α-hetero) is 1. The van der Waals surface area contributed by atoms with E-state index in [0.717, 1.165) is 10.0 Å². The third kappa shape index (κ3) is 3.59. The van der Waals surface area contributed by atoms with Crippen molar-refractivity contribution < 1.29 is 14.3 Å². The highest BCUT2D eigenvalue weighted by Crippen LogP contribution is 2.26. The number of ketones is 1. The van der Waals surface area contributed by atoms with E-state index < -0.39 is 5.97 Å². The van der Waals surface area contributed by atoms with Crippen molar-refractivity contribution >= 4 is 34.9 Å². The maximum atomic E-state index is 12.5. The summed E-state index contributed by atoms with van der Waals surface area (Å²) in [6.45, 7) is 7.51. The monoisotopic (exact) mass is 338 g/mol. The van der Waals surface area contributed by atoms with E-state index in [1.54, 1.807) is 20.8 Å². The maximum absolute atomic E-state index is 12.5. The minimum Gasteiger partial charge on any atom is -0.462 e. The number of aromatic amines is 1. The highest BCUT2D eigenvalue weighted by atomic mass is 32.2. The third-order valence-electron chi connectivity index (χ3n) is 3.06. The van der Waals surface area contributed by atoms with Crippen LogP contribution in [-0.4, -0.2) is 34.1 Å². The molecule has 0 amide bonds. The van der Waals surface area contributed by atoms with Crippen molar-refractivity contribution in [2.75, 3.05) is 12.4 Å². The number of thioether (sulfide) groups is 1. The zero-order valence-corrected chi connectivity index (χ0v) is 14.6. The van der Waals surface area contributed by atoms with Crippen molar-refractivity contribution in [1.29, 1.82) is 0 Å². The van der Waals surface area contributed by atoms with E-state index in [4.69, 9.17) is 4.74 Å². The molecular formula is C15H18N2O3S2. The summed E-state index contributed by atoms with van der Waals surface area (Å²) in [5.74, 6) is -0.303. The Hall–Kier alpha value is -1.60. The van der Waals surface area contributed by atoms with Crippen LogP contribution in [0.15, 0.2) is 9.72 Å². The first-order chi connectivity index (χ1) is 10.4. The van der Waals surface area contributed by atoms with Crippen LogP contribution in [-0.2, 0) is 4.74 Å². The van der Waals surface area contributed by atoms with Crippen molar-refractivity contribution in [2.24, 2.45) is 0 Å². The standard InChI is InChI=1S/C15H18N2O3S2/c1-5-20-14(19)13-10(4)17-9(3)12(13)11(18)7-22-15-16-8(2)6-21-15/h6,17H,5,7H2,1-4H3. The molecule has 2 heterocycles. The predicted molar refractivity (Wildman–Crippen MR) is 88.1 cm³/mol. The maximum Gasteiger partial charge on any atom is 0.340 e. The fourth-order valence-corrected chi connectivity index (χ4v) is 3.91. The van der Waals surface area contributed by atoms with Crippen LogP contribution in [0.2, 0.25) is 0 Å². The molecule has 0 aliphatic rings. The second-order valence-corrected chi connectivity index (χ2v) is 6.89. The van der Waals surface area contributed by atoms with Gasteiger partial charge in [0.1, 0.15) is 0 Å². The van der Waals surface area contributed by atoms with E-state index in [-0.39, 0.29) is 18.1 Å². The van der Waals surface area contributed by atoms with Crippen LogP contribution in [0.5, 0.6) is 0 Å². The molecule has 118 valence electrons. The van der Waals surface area contributed by atoms with E-state index in [0.29, 0.717) is 22.5 Å². The SMILES string of the molecule is CCOC(=O)c1c(C)[nH]c(C)c1C(=O)CSc1nc(C)cs1. The third-order valence-corrected chi connectivity index (χ3v) is 5.20. The number of carbonyl (C=O) groups excluding carboxylic acids is 2. The number of rotatable bonds is 6. The van der Waals surface area contributed by atoms with Crippen molar-refractivity contribution in [3.8, 4) is 0 Å². The van der Waals surface area contributed by atoms with Gasteiger partial charge in [-0.05, 0) is 27.7 Å². The van der Waals surface area contributed by atoms with Crippen LogP contribution < -0.4 is 0 Å². The van der Waals surface area contributed by atoms with Crippen LogP contribution >= 0.6 is 23.1 Å². The van der Waals surface area contributed by atoms with Crippen molar-refractivity contribution in [3.05, 3.63) is 33.6 Å². The van der Waals surface area contributed by atoms with Crippen LogP contribution in [0.4, 0.5) is 0 Å². The Balaban J connectivity index is 2.20. The highest BCUT2D eigenvalue weighted by molar-refractivity contribution is 8.01. The molecule has 0 aromatic carbocycles. The van der Waals surface area contributed by atoms with Gasteiger partial charge in [-0.3, -0.25) is 4.79 Å². The minimum atomic E-state index is -0.456. The van der Waals surface area contributed by atoms with Gasteiger partial charge in [-0.25, -0.2) is 9.78 Å². The second-order valence-electron chi connectivity index (χ2n) is 4.81. The number of thiazole rings is 1. The van der Waals surface area contributed by atoms with Gasteiger partial charge in [0.15, 0.2) is 10.1 Å². The topological polar surface area (TPSA) is 72.1 Å². The summed E-state index contributed by atoms with van der Waals surface area (Å²) in [6.07, 6.45) is 0. The predicted octanol–water partition coefficient (Wildman–Crippen LogP) is 3.55. The lowest BCUT2D eigenvalue weighted by atomic mass is 10.1. The number of aromatic nitrogens is 2. The van der Waals surface area contributed by atoms with Gasteiger partial charge < -0.3 is 9.72 Å². The lowest BCUT2D eigenvalue weighted by Crippen LogP contribution is -2.13. The fourth-order valence-electron chi connectivity index (χ4n) is 2.19. The van der Waals surface area contributed by atoms with Crippen molar-refractivity contribution in [2.45, 2.75) is 32.0 Å². The lowest BCUT2D eigenvalue weighted by Gasteiger charge is -2.05. The van der Waals surface area contributed by atoms with Gasteiger partial charge in [-0.15, -0.1) is 11.3 Å². The molecule has 0 unspecified atom stereocenters. The van der Waals surface area contributed by atoms with E-state index in [2.05, 4.69) is 9.97 Å². The van der Waals surface area contributed by atoms with E-state index in [9.17, 15) is 9.59 Å². The number of carbonyl (C=O) groups is 2. The van der Waals surface area contributed by atoms with Crippen molar-refractivity contribution in [3.63, 3.8) is 0 Å². The zero-order chi connectivity index (χ0) is 16.3. The molecule has 0 aliphatic carbocycles. The Bertz CT molecular complexity index is 704. The Morgan fingerprint density at radius 3 is 2.55 bits per heavy atom. The number of ether oxygens (including phenoxy) is 1. The number of hydrogen-bond donors (Lipinski definition) is 1. The molecule has 0 atom stereocenters. The normalized spacial score (nSPS) is 10.7. The Labute approximate surface area is 137 Å². The molecule has 0 spiro atoms. The van der Waals surface area contributed by atoms with Gasteiger partial charge in [0.25, 0.3) is 0 Å². The number of aryl methyl sites for hydroxylation is 3. The first-order valence-corrected chi connectivity index (χ1v) is 8.75. The summed E-state index contributed by atoms with van der Waals surface area (Å²) < 4.78 is 5.91. The van der Waals surface area contributed by atoms with E-state index in [1.807, 2.05) is 12.3 Å². The molecule has 5 nitrogen and oxygen atoms in total. The van der Waals surface area contributed by atoms with E-state index >= 15 is 0 Å². The van der Waals surface area contributed by atoms with Crippen LogP contribution in [0.25, 0.3) is 0 Å². The molecule has 2 rings (SSSR count). The molecular weight excluding hydrogens is 320 g/mol. The van der Waals surface area contributed by atoms with Gasteiger partial charge >= 0.3 is 5.97 Å². The van der Waals surface area contributed by atoms with Crippen LogP contribution in [0, 0.1) is 20.8 Å². The molecule has 0 saturated carbocycles. The first kappa shape index (κ1) is 16.8. The van der Waals surface area contributed by atoms with Gasteiger partial charge in [-0.2, -0.15) is 0 Å². The Morgan fingerprint density at radius 1 is 1.27 bits per heavy atom. The quantitative estimate of drug-likeness (QED) is 0.495. The fraction of sp³-hybridized carbons (Fsp3) is 0.400. The summed E-state index contributed by atoms with van der Waals surface area (Å²) >= 11 is 2.90. The molecule has 22 heavy (non-hydrogen) atoms. The molecule has 7 heteroatoms. The molecule has 2 aromatic rings. The molecule has 0 fully saturated rings. The number of H-pyrrole nitrogens is 1. The summed E-state index contributed by atoms with van der Waals surface area (Å²) in [6, 6.07) is 0. The molecule has 0 saturated heterocycles. The molecule has 0 radical (unpaired) electrons. The van der Waals surface area contributed by atoms with Crippen LogP contribution in [0.1, 0.15) is 44.7 Å².